The molecule has 2 unspecified atom stereocenters. The van der Waals surface area contributed by atoms with Gasteiger partial charge in [-0.25, -0.2) is 0 Å². The molecule has 0 spiro atoms. The van der Waals surface area contributed by atoms with Crippen molar-refractivity contribution in [2.24, 2.45) is 5.92 Å². The topological polar surface area (TPSA) is 38.3 Å². The van der Waals surface area contributed by atoms with Gasteiger partial charge in [0.05, 0.1) is 5.56 Å². The normalized spacial score (nSPS) is 13.5. The SMILES string of the molecule is CCCCCCCCCCCCCCCCC(C)C(C)(NCCCCCC)Oc1ccccc1C(=O)c1ccccc1. The molecule has 2 aromatic carbocycles. The Labute approximate surface area is 259 Å². The Morgan fingerprint density at radius 1 is 0.667 bits per heavy atom. The van der Waals surface area contributed by atoms with Crippen molar-refractivity contribution >= 4 is 5.78 Å². The van der Waals surface area contributed by atoms with Crippen molar-refractivity contribution in [3.63, 3.8) is 0 Å². The van der Waals surface area contributed by atoms with E-state index in [1.54, 1.807) is 0 Å². The van der Waals surface area contributed by atoms with Gasteiger partial charge in [0.15, 0.2) is 11.5 Å². The zero-order valence-corrected chi connectivity index (χ0v) is 27.7. The van der Waals surface area contributed by atoms with Gasteiger partial charge in [-0.05, 0) is 38.4 Å². The van der Waals surface area contributed by atoms with Crippen molar-refractivity contribution in [3.05, 3.63) is 65.7 Å². The molecule has 0 radical (unpaired) electrons. The highest BCUT2D eigenvalue weighted by Gasteiger charge is 2.33. The average Bonchev–Trinajstić information content (AvgIpc) is 3.01. The molecular weight excluding hydrogens is 514 g/mol. The molecule has 3 heteroatoms. The summed E-state index contributed by atoms with van der Waals surface area (Å²) in [6.07, 6.45) is 25.3. The van der Waals surface area contributed by atoms with Crippen LogP contribution < -0.4 is 10.1 Å². The zero-order valence-electron chi connectivity index (χ0n) is 27.7. The molecule has 0 amide bonds. The van der Waals surface area contributed by atoms with Crippen LogP contribution in [0.15, 0.2) is 54.6 Å². The number of rotatable bonds is 26. The Bertz CT molecular complexity index is 942. The second-order valence-corrected chi connectivity index (χ2v) is 12.7. The molecule has 2 aromatic rings. The van der Waals surface area contributed by atoms with Gasteiger partial charge in [0.2, 0.25) is 0 Å². The Morgan fingerprint density at radius 2 is 1.14 bits per heavy atom. The van der Waals surface area contributed by atoms with E-state index in [1.165, 1.54) is 109 Å². The predicted molar refractivity (Wildman–Crippen MR) is 182 cm³/mol. The van der Waals surface area contributed by atoms with Gasteiger partial charge in [-0.3, -0.25) is 10.1 Å². The van der Waals surface area contributed by atoms with Gasteiger partial charge in [0, 0.05) is 11.5 Å². The summed E-state index contributed by atoms with van der Waals surface area (Å²) in [5, 5.41) is 3.78. The van der Waals surface area contributed by atoms with Gasteiger partial charge in [0.25, 0.3) is 0 Å². The lowest BCUT2D eigenvalue weighted by molar-refractivity contribution is -0.00524. The maximum atomic E-state index is 13.4. The summed E-state index contributed by atoms with van der Waals surface area (Å²) < 4.78 is 6.78. The van der Waals surface area contributed by atoms with Crippen molar-refractivity contribution in [3.8, 4) is 5.75 Å². The fourth-order valence-electron chi connectivity index (χ4n) is 5.84. The van der Waals surface area contributed by atoms with Crippen molar-refractivity contribution in [1.29, 1.82) is 0 Å². The molecular formula is C39H63NO2. The van der Waals surface area contributed by atoms with Crippen LogP contribution in [-0.2, 0) is 0 Å². The highest BCUT2D eigenvalue weighted by atomic mass is 16.5. The number of nitrogens with one attached hydrogen (secondary N) is 1. The largest absolute Gasteiger partial charge is 0.472 e. The number of unbranched alkanes of at least 4 members (excludes halogenated alkanes) is 16. The van der Waals surface area contributed by atoms with Crippen LogP contribution in [-0.4, -0.2) is 18.1 Å². The lowest BCUT2D eigenvalue weighted by atomic mass is 9.91. The average molecular weight is 578 g/mol. The van der Waals surface area contributed by atoms with E-state index in [4.69, 9.17) is 4.74 Å². The summed E-state index contributed by atoms with van der Waals surface area (Å²) in [4.78, 5) is 13.4. The number of hydrogen-bond donors (Lipinski definition) is 1. The quantitative estimate of drug-likeness (QED) is 0.0686. The summed E-state index contributed by atoms with van der Waals surface area (Å²) in [5.74, 6) is 1.000. The van der Waals surface area contributed by atoms with Crippen LogP contribution in [0.3, 0.4) is 0 Å². The highest BCUT2D eigenvalue weighted by Crippen LogP contribution is 2.31. The standard InChI is InChI=1S/C39H63NO2/c1-5-7-9-11-12-13-14-15-16-17-18-19-20-22-28-34(3)39(4,40-33-27-10-8-6-2)42-37-32-26-25-31-36(37)38(41)35-29-23-21-24-30-35/h21,23-26,29-32,34,40H,5-20,22,27-28,33H2,1-4H3. The Balaban J connectivity index is 1.83. The molecule has 0 bridgehead atoms. The van der Waals surface area contributed by atoms with Crippen LogP contribution in [0, 0.1) is 5.92 Å². The summed E-state index contributed by atoms with van der Waals surface area (Å²) in [6, 6.07) is 17.3. The summed E-state index contributed by atoms with van der Waals surface area (Å²) >= 11 is 0. The second kappa shape index (κ2) is 22.4. The molecule has 0 saturated carbocycles. The molecule has 42 heavy (non-hydrogen) atoms. The minimum absolute atomic E-state index is 0.0103. The van der Waals surface area contributed by atoms with E-state index in [-0.39, 0.29) is 5.78 Å². The first-order valence-electron chi connectivity index (χ1n) is 17.6. The van der Waals surface area contributed by atoms with Crippen LogP contribution in [0.1, 0.15) is 166 Å². The van der Waals surface area contributed by atoms with Crippen LogP contribution in [0.25, 0.3) is 0 Å². The Morgan fingerprint density at radius 3 is 1.71 bits per heavy atom. The van der Waals surface area contributed by atoms with Crippen molar-refractivity contribution in [2.75, 3.05) is 6.54 Å². The maximum absolute atomic E-state index is 13.4. The highest BCUT2D eigenvalue weighted by molar-refractivity contribution is 6.10. The van der Waals surface area contributed by atoms with E-state index in [0.29, 0.717) is 22.8 Å². The molecule has 236 valence electrons. The van der Waals surface area contributed by atoms with E-state index in [1.807, 2.05) is 54.6 Å². The second-order valence-electron chi connectivity index (χ2n) is 12.7. The van der Waals surface area contributed by atoms with Gasteiger partial charge in [-0.1, -0.05) is 172 Å². The number of para-hydroxylation sites is 1. The minimum atomic E-state index is -0.532. The number of carbonyl (C=O) groups is 1. The fourth-order valence-corrected chi connectivity index (χ4v) is 5.84. The lowest BCUT2D eigenvalue weighted by Crippen LogP contribution is -2.53. The van der Waals surface area contributed by atoms with Gasteiger partial charge in [-0.2, -0.15) is 0 Å². The zero-order chi connectivity index (χ0) is 30.3. The first kappa shape index (κ1) is 36.1. The number of ether oxygens (including phenoxy) is 1. The first-order valence-corrected chi connectivity index (χ1v) is 17.6. The molecule has 2 rings (SSSR count). The molecule has 1 N–H and O–H groups in total. The Hall–Kier alpha value is -2.13. The molecule has 2 atom stereocenters. The van der Waals surface area contributed by atoms with Crippen LogP contribution in [0.5, 0.6) is 5.75 Å². The van der Waals surface area contributed by atoms with Crippen LogP contribution in [0.2, 0.25) is 0 Å². The number of hydrogen-bond acceptors (Lipinski definition) is 3. The maximum Gasteiger partial charge on any atom is 0.196 e. The number of carbonyl (C=O) groups excluding carboxylic acids is 1. The minimum Gasteiger partial charge on any atom is -0.472 e. The molecule has 0 aromatic heterocycles. The third kappa shape index (κ3) is 14.4. The van der Waals surface area contributed by atoms with E-state index in [2.05, 4.69) is 33.0 Å². The van der Waals surface area contributed by atoms with E-state index < -0.39 is 5.72 Å². The first-order chi connectivity index (χ1) is 20.5. The van der Waals surface area contributed by atoms with E-state index in [9.17, 15) is 4.79 Å². The van der Waals surface area contributed by atoms with Gasteiger partial charge in [0.1, 0.15) is 5.75 Å². The van der Waals surface area contributed by atoms with Gasteiger partial charge >= 0.3 is 0 Å². The van der Waals surface area contributed by atoms with Crippen LogP contribution >= 0.6 is 0 Å². The Kier molecular flexibility index (Phi) is 19.2. The molecule has 0 aliphatic rings. The summed E-state index contributed by atoms with van der Waals surface area (Å²) in [6.45, 7) is 9.96. The van der Waals surface area contributed by atoms with E-state index in [0.717, 1.165) is 19.4 Å². The van der Waals surface area contributed by atoms with Crippen LogP contribution in [0.4, 0.5) is 0 Å². The predicted octanol–water partition coefficient (Wildman–Crippen LogP) is 11.7. The third-order valence-electron chi connectivity index (χ3n) is 8.93. The molecule has 0 aliphatic heterocycles. The smallest absolute Gasteiger partial charge is 0.196 e. The van der Waals surface area contributed by atoms with Crippen molar-refractivity contribution < 1.29 is 9.53 Å². The van der Waals surface area contributed by atoms with Gasteiger partial charge < -0.3 is 4.74 Å². The molecule has 0 saturated heterocycles. The summed E-state index contributed by atoms with van der Waals surface area (Å²) in [7, 11) is 0. The third-order valence-corrected chi connectivity index (χ3v) is 8.93. The number of ketones is 1. The monoisotopic (exact) mass is 577 g/mol. The molecule has 3 nitrogen and oxygen atoms in total. The lowest BCUT2D eigenvalue weighted by Gasteiger charge is -2.38. The van der Waals surface area contributed by atoms with Crippen molar-refractivity contribution in [1.82, 2.24) is 5.32 Å². The fraction of sp³-hybridized carbons (Fsp3) is 0.667. The molecule has 0 heterocycles. The molecule has 0 aliphatic carbocycles. The van der Waals surface area contributed by atoms with Gasteiger partial charge in [-0.15, -0.1) is 0 Å². The summed E-state index contributed by atoms with van der Waals surface area (Å²) in [5.41, 5.74) is 0.792. The van der Waals surface area contributed by atoms with Crippen molar-refractivity contribution in [2.45, 2.75) is 155 Å². The van der Waals surface area contributed by atoms with E-state index >= 15 is 0 Å². The number of benzene rings is 2. The molecule has 0 fully saturated rings.